The molecule has 2 unspecified atom stereocenters. The summed E-state index contributed by atoms with van der Waals surface area (Å²) >= 11 is 0. The number of aryl methyl sites for hydroxylation is 2. The van der Waals surface area contributed by atoms with E-state index in [0.717, 1.165) is 12.8 Å². The van der Waals surface area contributed by atoms with Gasteiger partial charge in [0.1, 0.15) is 29.6 Å². The zero-order valence-corrected chi connectivity index (χ0v) is 16.8. The van der Waals surface area contributed by atoms with E-state index >= 15 is 0 Å². The summed E-state index contributed by atoms with van der Waals surface area (Å²) in [5.41, 5.74) is 2.33. The summed E-state index contributed by atoms with van der Waals surface area (Å²) < 4.78 is 25.7. The summed E-state index contributed by atoms with van der Waals surface area (Å²) in [6.45, 7) is 1.89. The molecule has 8 nitrogen and oxygen atoms in total. The highest BCUT2D eigenvalue weighted by atomic mass is 19.1. The molecular formula is C21H23FN4O4. The molecule has 0 spiro atoms. The van der Waals surface area contributed by atoms with Crippen molar-refractivity contribution in [1.29, 1.82) is 0 Å². The van der Waals surface area contributed by atoms with Crippen LogP contribution in [-0.4, -0.2) is 38.1 Å². The number of amides is 1. The lowest BCUT2D eigenvalue weighted by molar-refractivity contribution is 0.0864. The lowest BCUT2D eigenvalue weighted by Crippen LogP contribution is -2.40. The van der Waals surface area contributed by atoms with E-state index in [1.165, 1.54) is 16.8 Å². The van der Waals surface area contributed by atoms with Crippen LogP contribution >= 0.6 is 0 Å². The van der Waals surface area contributed by atoms with E-state index in [2.05, 4.69) is 15.6 Å². The number of benzene rings is 1. The van der Waals surface area contributed by atoms with Gasteiger partial charge in [-0.2, -0.15) is 0 Å². The predicted octanol–water partition coefficient (Wildman–Crippen LogP) is 2.74. The quantitative estimate of drug-likeness (QED) is 0.643. The number of carbonyl (C=O) groups excluding carboxylic acids is 1. The molecule has 1 saturated carbocycles. The third-order valence-electron chi connectivity index (χ3n) is 5.35. The van der Waals surface area contributed by atoms with Crippen molar-refractivity contribution in [2.45, 2.75) is 44.9 Å². The Balaban J connectivity index is 1.46. The fourth-order valence-corrected chi connectivity index (χ4v) is 3.62. The van der Waals surface area contributed by atoms with Gasteiger partial charge in [-0.3, -0.25) is 9.48 Å². The summed E-state index contributed by atoms with van der Waals surface area (Å²) in [7, 11) is 1.65. The summed E-state index contributed by atoms with van der Waals surface area (Å²) in [6.07, 6.45) is 1.83. The molecule has 3 aromatic rings. The minimum absolute atomic E-state index is 0.126. The molecule has 0 saturated heterocycles. The van der Waals surface area contributed by atoms with Gasteiger partial charge in [0.2, 0.25) is 5.88 Å². The van der Waals surface area contributed by atoms with E-state index in [9.17, 15) is 14.3 Å². The van der Waals surface area contributed by atoms with E-state index in [1.807, 2.05) is 0 Å². The number of nitrogens with zero attached hydrogens (tertiary/aromatic N) is 3. The van der Waals surface area contributed by atoms with Crippen molar-refractivity contribution in [2.24, 2.45) is 7.05 Å². The number of aromatic nitrogens is 3. The van der Waals surface area contributed by atoms with E-state index in [0.29, 0.717) is 34.7 Å². The van der Waals surface area contributed by atoms with E-state index in [-0.39, 0.29) is 30.3 Å². The zero-order chi connectivity index (χ0) is 21.3. The molecule has 2 heterocycles. The molecule has 2 N–H and O–H groups in total. The molecule has 1 amide bonds. The SMILES string of the molecule is Cc1onc(-c2ccc(F)cc2)c1COc1cc(C(=O)NC2CCCC2O)n(C)n1. The standard InChI is InChI=1S/C21H23FN4O4/c1-12-15(20(25-30-12)13-6-8-14(22)9-7-13)11-29-19-10-17(26(2)24-19)21(28)23-16-4-3-5-18(16)27/h6-10,16,18,27H,3-5,11H2,1-2H3,(H,23,28). The molecular weight excluding hydrogens is 391 g/mol. The summed E-state index contributed by atoms with van der Waals surface area (Å²) in [6, 6.07) is 7.27. The molecule has 2 aromatic heterocycles. The van der Waals surface area contributed by atoms with Crippen LogP contribution in [0.4, 0.5) is 4.39 Å². The number of aliphatic hydroxyl groups is 1. The molecule has 0 bridgehead atoms. The molecule has 30 heavy (non-hydrogen) atoms. The van der Waals surface area contributed by atoms with Crippen LogP contribution in [-0.2, 0) is 13.7 Å². The van der Waals surface area contributed by atoms with Gasteiger partial charge in [-0.15, -0.1) is 5.10 Å². The van der Waals surface area contributed by atoms with Crippen LogP contribution in [0.1, 0.15) is 41.1 Å². The molecule has 1 aromatic carbocycles. The first-order valence-electron chi connectivity index (χ1n) is 9.79. The number of nitrogens with one attached hydrogen (secondary N) is 1. The monoisotopic (exact) mass is 414 g/mol. The molecule has 0 aliphatic heterocycles. The van der Waals surface area contributed by atoms with Gasteiger partial charge in [0, 0.05) is 18.7 Å². The Kier molecular flexibility index (Phi) is 5.54. The molecule has 1 aliphatic rings. The third-order valence-corrected chi connectivity index (χ3v) is 5.35. The first-order chi connectivity index (χ1) is 14.4. The Morgan fingerprint density at radius 3 is 2.83 bits per heavy atom. The van der Waals surface area contributed by atoms with Crippen molar-refractivity contribution >= 4 is 5.91 Å². The number of aliphatic hydroxyl groups excluding tert-OH is 1. The predicted molar refractivity (Wildman–Crippen MR) is 105 cm³/mol. The second kappa shape index (κ2) is 8.27. The minimum atomic E-state index is -0.514. The Hall–Kier alpha value is -3.20. The average Bonchev–Trinajstić information content (AvgIpc) is 3.40. The van der Waals surface area contributed by atoms with Crippen LogP contribution in [0.3, 0.4) is 0 Å². The van der Waals surface area contributed by atoms with Gasteiger partial charge in [-0.1, -0.05) is 5.16 Å². The summed E-state index contributed by atoms with van der Waals surface area (Å²) in [5, 5.41) is 21.1. The maximum atomic E-state index is 13.2. The molecule has 9 heteroatoms. The van der Waals surface area contributed by atoms with E-state index < -0.39 is 6.10 Å². The maximum absolute atomic E-state index is 13.2. The average molecular weight is 414 g/mol. The van der Waals surface area contributed by atoms with Crippen molar-refractivity contribution in [1.82, 2.24) is 20.3 Å². The van der Waals surface area contributed by atoms with Gasteiger partial charge in [-0.25, -0.2) is 4.39 Å². The molecule has 4 rings (SSSR count). The number of rotatable bonds is 6. The van der Waals surface area contributed by atoms with Crippen LogP contribution in [0.2, 0.25) is 0 Å². The van der Waals surface area contributed by atoms with Crippen LogP contribution < -0.4 is 10.1 Å². The second-order valence-corrected chi connectivity index (χ2v) is 7.43. The van der Waals surface area contributed by atoms with Gasteiger partial charge in [0.25, 0.3) is 5.91 Å². The van der Waals surface area contributed by atoms with Crippen LogP contribution in [0.5, 0.6) is 5.88 Å². The normalized spacial score (nSPS) is 18.5. The summed E-state index contributed by atoms with van der Waals surface area (Å²) in [4.78, 5) is 12.5. The van der Waals surface area contributed by atoms with Crippen molar-refractivity contribution in [2.75, 3.05) is 0 Å². The molecule has 1 aliphatic carbocycles. The van der Waals surface area contributed by atoms with Gasteiger partial charge >= 0.3 is 0 Å². The summed E-state index contributed by atoms with van der Waals surface area (Å²) in [5.74, 6) is 0.221. The van der Waals surface area contributed by atoms with Gasteiger partial charge in [0.05, 0.1) is 17.7 Å². The highest BCUT2D eigenvalue weighted by molar-refractivity contribution is 5.93. The van der Waals surface area contributed by atoms with Crippen molar-refractivity contribution in [3.8, 4) is 17.1 Å². The maximum Gasteiger partial charge on any atom is 0.269 e. The minimum Gasteiger partial charge on any atom is -0.471 e. The third kappa shape index (κ3) is 4.06. The number of hydrogen-bond acceptors (Lipinski definition) is 6. The Morgan fingerprint density at radius 1 is 1.37 bits per heavy atom. The van der Waals surface area contributed by atoms with Crippen LogP contribution in [0.25, 0.3) is 11.3 Å². The first kappa shape index (κ1) is 20.1. The molecule has 0 radical (unpaired) electrons. The highest BCUT2D eigenvalue weighted by Gasteiger charge is 2.28. The lowest BCUT2D eigenvalue weighted by Gasteiger charge is -2.16. The number of hydrogen-bond donors (Lipinski definition) is 2. The molecule has 1 fully saturated rings. The van der Waals surface area contributed by atoms with Gasteiger partial charge in [0.15, 0.2) is 0 Å². The van der Waals surface area contributed by atoms with E-state index in [4.69, 9.17) is 9.26 Å². The Labute approximate surface area is 172 Å². The lowest BCUT2D eigenvalue weighted by atomic mass is 10.1. The van der Waals surface area contributed by atoms with Gasteiger partial charge in [-0.05, 0) is 50.5 Å². The van der Waals surface area contributed by atoms with E-state index in [1.54, 1.807) is 32.2 Å². The highest BCUT2D eigenvalue weighted by Crippen LogP contribution is 2.27. The largest absolute Gasteiger partial charge is 0.471 e. The second-order valence-electron chi connectivity index (χ2n) is 7.43. The van der Waals surface area contributed by atoms with Crippen molar-refractivity contribution < 1.29 is 23.6 Å². The fourth-order valence-electron chi connectivity index (χ4n) is 3.62. The first-order valence-corrected chi connectivity index (χ1v) is 9.79. The van der Waals surface area contributed by atoms with Gasteiger partial charge < -0.3 is 19.7 Å². The fraction of sp³-hybridized carbons (Fsp3) is 0.381. The number of halogens is 1. The van der Waals surface area contributed by atoms with Crippen LogP contribution in [0.15, 0.2) is 34.9 Å². The smallest absolute Gasteiger partial charge is 0.269 e. The zero-order valence-electron chi connectivity index (χ0n) is 16.8. The number of carbonyl (C=O) groups is 1. The number of ether oxygens (including phenoxy) is 1. The van der Waals surface area contributed by atoms with Crippen molar-refractivity contribution in [3.63, 3.8) is 0 Å². The molecule has 158 valence electrons. The van der Waals surface area contributed by atoms with Crippen LogP contribution in [0, 0.1) is 12.7 Å². The Morgan fingerprint density at radius 2 is 2.13 bits per heavy atom. The Bertz CT molecular complexity index is 1040. The van der Waals surface area contributed by atoms with Crippen molar-refractivity contribution in [3.05, 3.63) is 53.2 Å². The topological polar surface area (TPSA) is 102 Å². The molecule has 2 atom stereocenters.